The molecular formula is C28H26Cl3N3O4. The summed E-state index contributed by atoms with van der Waals surface area (Å²) < 4.78 is 13.0. The maximum atomic E-state index is 12.0. The molecule has 4 aromatic rings. The number of anilines is 1. The lowest BCUT2D eigenvalue weighted by molar-refractivity contribution is -0.276. The van der Waals surface area contributed by atoms with Crippen molar-refractivity contribution in [2.75, 3.05) is 5.32 Å². The third kappa shape index (κ3) is 5.83. The highest BCUT2D eigenvalue weighted by Gasteiger charge is 2.39. The molecule has 1 fully saturated rings. The number of carbonyl (C=O) groups is 1. The number of imidazole rings is 1. The Labute approximate surface area is 235 Å². The molecule has 1 aliphatic rings. The first kappa shape index (κ1) is 26.9. The van der Waals surface area contributed by atoms with Crippen LogP contribution < -0.4 is 5.32 Å². The highest BCUT2D eigenvalue weighted by atomic mass is 35.6. The Bertz CT molecular complexity index is 1400. The largest absolute Gasteiger partial charge is 0.392 e. The van der Waals surface area contributed by atoms with Gasteiger partial charge < -0.3 is 24.5 Å². The van der Waals surface area contributed by atoms with E-state index in [1.807, 2.05) is 67.0 Å². The number of amides is 1. The fraction of sp³-hybridized carbons (Fsp3) is 0.286. The lowest BCUT2D eigenvalue weighted by Crippen LogP contribution is -2.39. The van der Waals surface area contributed by atoms with E-state index in [-0.39, 0.29) is 24.7 Å². The first-order valence-corrected chi connectivity index (χ1v) is 13.2. The Hall–Kier alpha value is -2.65. The summed E-state index contributed by atoms with van der Waals surface area (Å²) >= 11 is 17.0. The molecule has 3 aromatic carbocycles. The molecule has 198 valence electrons. The van der Waals surface area contributed by atoms with Crippen molar-refractivity contribution in [1.82, 2.24) is 9.55 Å². The summed E-state index contributed by atoms with van der Waals surface area (Å²) in [7, 11) is 0. The van der Waals surface area contributed by atoms with Gasteiger partial charge in [0.05, 0.1) is 42.7 Å². The van der Waals surface area contributed by atoms with Gasteiger partial charge in [-0.25, -0.2) is 4.98 Å². The van der Waals surface area contributed by atoms with Gasteiger partial charge in [-0.15, -0.1) is 0 Å². The van der Waals surface area contributed by atoms with E-state index in [0.717, 1.165) is 27.7 Å². The van der Waals surface area contributed by atoms with Crippen LogP contribution in [0.5, 0.6) is 0 Å². The van der Waals surface area contributed by atoms with E-state index >= 15 is 0 Å². The third-order valence-corrected chi connectivity index (χ3v) is 7.24. The van der Waals surface area contributed by atoms with Crippen molar-refractivity contribution in [3.8, 4) is 0 Å². The second-order valence-electron chi connectivity index (χ2n) is 9.28. The molecule has 1 aromatic heterocycles. The molecule has 1 amide bonds. The maximum Gasteiger partial charge on any atom is 0.276 e. The fourth-order valence-electron chi connectivity index (χ4n) is 4.60. The minimum atomic E-state index is -2.06. The average molecular weight is 575 g/mol. The molecule has 5 rings (SSSR count). The van der Waals surface area contributed by atoms with Crippen molar-refractivity contribution >= 4 is 57.4 Å². The number of hydrogen-bond donors (Lipinski definition) is 2. The first-order valence-electron chi connectivity index (χ1n) is 12.1. The lowest BCUT2D eigenvalue weighted by atomic mass is 9.90. The normalized spacial score (nSPS) is 21.9. The van der Waals surface area contributed by atoms with Crippen molar-refractivity contribution in [3.05, 3.63) is 95.8 Å². The predicted octanol–water partition coefficient (Wildman–Crippen LogP) is 6.33. The van der Waals surface area contributed by atoms with Crippen LogP contribution in [-0.4, -0.2) is 30.5 Å². The Morgan fingerprint density at radius 3 is 2.37 bits per heavy atom. The monoisotopic (exact) mass is 573 g/mol. The summed E-state index contributed by atoms with van der Waals surface area (Å²) in [6.07, 6.45) is 0.715. The zero-order valence-corrected chi connectivity index (χ0v) is 22.7. The van der Waals surface area contributed by atoms with E-state index < -0.39 is 16.0 Å². The number of aliphatic hydroxyl groups is 1. The van der Waals surface area contributed by atoms with E-state index in [9.17, 15) is 9.90 Å². The van der Waals surface area contributed by atoms with Crippen molar-refractivity contribution in [1.29, 1.82) is 0 Å². The molecule has 0 radical (unpaired) electrons. The number of ether oxygens (including phenoxy) is 2. The molecule has 1 aliphatic heterocycles. The highest BCUT2D eigenvalue weighted by molar-refractivity contribution is 6.76. The minimum Gasteiger partial charge on any atom is -0.392 e. The molecule has 10 heteroatoms. The number of carbonyl (C=O) groups excluding carboxylic acids is 1. The number of nitrogens with zero attached hydrogens (tertiary/aromatic N) is 2. The van der Waals surface area contributed by atoms with Gasteiger partial charge in [-0.05, 0) is 35.4 Å². The van der Waals surface area contributed by atoms with Gasteiger partial charge in [0.25, 0.3) is 9.70 Å². The van der Waals surface area contributed by atoms with E-state index in [4.69, 9.17) is 44.3 Å². The smallest absolute Gasteiger partial charge is 0.276 e. The quantitative estimate of drug-likeness (QED) is 0.263. The third-order valence-electron chi connectivity index (χ3n) is 6.73. The van der Waals surface area contributed by atoms with Gasteiger partial charge in [0, 0.05) is 17.2 Å². The van der Waals surface area contributed by atoms with Gasteiger partial charge in [0.1, 0.15) is 0 Å². The lowest BCUT2D eigenvalue weighted by Gasteiger charge is -2.41. The molecule has 2 N–H and O–H groups in total. The van der Waals surface area contributed by atoms with Gasteiger partial charge >= 0.3 is 0 Å². The van der Waals surface area contributed by atoms with Crippen molar-refractivity contribution in [2.45, 2.75) is 42.4 Å². The Kier molecular flexibility index (Phi) is 7.95. The molecule has 1 saturated heterocycles. The minimum absolute atomic E-state index is 0.00948. The van der Waals surface area contributed by atoms with Crippen molar-refractivity contribution < 1.29 is 19.4 Å². The van der Waals surface area contributed by atoms with E-state index in [0.29, 0.717) is 12.2 Å². The van der Waals surface area contributed by atoms with Gasteiger partial charge in [-0.3, -0.25) is 4.79 Å². The number of aromatic nitrogens is 2. The van der Waals surface area contributed by atoms with Gasteiger partial charge in [0.15, 0.2) is 6.29 Å². The predicted molar refractivity (Wildman–Crippen MR) is 148 cm³/mol. The zero-order valence-electron chi connectivity index (χ0n) is 20.4. The average Bonchev–Trinajstić information content (AvgIpc) is 3.32. The van der Waals surface area contributed by atoms with Gasteiger partial charge in [0.2, 0.25) is 0 Å². The van der Waals surface area contributed by atoms with Crippen LogP contribution in [0.4, 0.5) is 5.69 Å². The van der Waals surface area contributed by atoms with Gasteiger partial charge in [-0.1, -0.05) is 90.3 Å². The van der Waals surface area contributed by atoms with Crippen LogP contribution in [0.2, 0.25) is 0 Å². The molecule has 4 unspecified atom stereocenters. The van der Waals surface area contributed by atoms with Gasteiger partial charge in [-0.2, -0.15) is 0 Å². The summed E-state index contributed by atoms with van der Waals surface area (Å²) in [5.41, 5.74) is 5.04. The molecule has 2 heterocycles. The summed E-state index contributed by atoms with van der Waals surface area (Å²) in [6.45, 7) is 2.68. The number of fused-ring (bicyclic) bond motifs is 1. The van der Waals surface area contributed by atoms with Crippen LogP contribution in [0.15, 0.2) is 79.1 Å². The fourth-order valence-corrected chi connectivity index (χ4v) is 4.75. The molecule has 38 heavy (non-hydrogen) atoms. The number of rotatable bonds is 6. The van der Waals surface area contributed by atoms with Crippen LogP contribution in [0.1, 0.15) is 36.0 Å². The topological polar surface area (TPSA) is 85.6 Å². The molecule has 0 spiro atoms. The summed E-state index contributed by atoms with van der Waals surface area (Å²) in [5.74, 6) is -0.733. The molecule has 4 atom stereocenters. The summed E-state index contributed by atoms with van der Waals surface area (Å²) in [4.78, 5) is 16.5. The number of para-hydroxylation sites is 2. The molecule has 0 aliphatic carbocycles. The maximum absolute atomic E-state index is 12.0. The van der Waals surface area contributed by atoms with Crippen LogP contribution in [-0.2, 0) is 27.4 Å². The zero-order chi connectivity index (χ0) is 26.9. The SMILES string of the molecule is CC1C(Cn2cnc3ccccc32)OC(c2ccc(NC(=O)C(Cl)(Cl)Cl)cc2)OC1c1ccc(CO)cc1. The summed E-state index contributed by atoms with van der Waals surface area (Å²) in [5, 5.41) is 12.0. The standard InChI is InChI=1S/C28H26Cl3N3O4/c1-17-24(14-34-16-32-22-4-2-3-5-23(22)34)37-26(38-25(17)19-8-6-18(15-35)7-9-19)20-10-12-21(13-11-20)33-27(36)28(29,30)31/h2-13,16-17,24-26,35H,14-15H2,1H3,(H,33,36). The van der Waals surface area contributed by atoms with Crippen LogP contribution in [0, 0.1) is 5.92 Å². The Morgan fingerprint density at radius 2 is 1.68 bits per heavy atom. The van der Waals surface area contributed by atoms with Crippen LogP contribution in [0.25, 0.3) is 11.0 Å². The van der Waals surface area contributed by atoms with Crippen LogP contribution >= 0.6 is 34.8 Å². The van der Waals surface area contributed by atoms with E-state index in [1.54, 1.807) is 12.1 Å². The summed E-state index contributed by atoms with van der Waals surface area (Å²) in [6, 6.07) is 22.8. The Balaban J connectivity index is 1.42. The molecular weight excluding hydrogens is 549 g/mol. The molecule has 0 saturated carbocycles. The number of benzene rings is 3. The molecule has 0 bridgehead atoms. The Morgan fingerprint density at radius 1 is 1.00 bits per heavy atom. The highest BCUT2D eigenvalue weighted by Crippen LogP contribution is 2.42. The second kappa shape index (κ2) is 11.2. The van der Waals surface area contributed by atoms with E-state index in [1.165, 1.54) is 0 Å². The number of nitrogens with one attached hydrogen (secondary N) is 1. The number of hydrogen-bond acceptors (Lipinski definition) is 5. The second-order valence-corrected chi connectivity index (χ2v) is 11.6. The molecule has 7 nitrogen and oxygen atoms in total. The first-order chi connectivity index (χ1) is 18.2. The van der Waals surface area contributed by atoms with Crippen molar-refractivity contribution in [3.63, 3.8) is 0 Å². The number of alkyl halides is 3. The number of halogens is 3. The number of aliphatic hydroxyl groups excluding tert-OH is 1. The van der Waals surface area contributed by atoms with Crippen LogP contribution in [0.3, 0.4) is 0 Å². The van der Waals surface area contributed by atoms with Crippen molar-refractivity contribution in [2.24, 2.45) is 5.92 Å². The van der Waals surface area contributed by atoms with E-state index in [2.05, 4.69) is 21.8 Å².